The second-order valence-electron chi connectivity index (χ2n) is 5.52. The smallest absolute Gasteiger partial charge is 0.235 e. The molecule has 0 aliphatic heterocycles. The molecule has 2 heterocycles. The van der Waals surface area contributed by atoms with Crippen molar-refractivity contribution in [2.24, 2.45) is 0 Å². The van der Waals surface area contributed by atoms with E-state index in [9.17, 15) is 4.79 Å². The van der Waals surface area contributed by atoms with Gasteiger partial charge in [-0.2, -0.15) is 0 Å². The summed E-state index contributed by atoms with van der Waals surface area (Å²) in [5, 5.41) is 15.4. The van der Waals surface area contributed by atoms with E-state index in [0.717, 1.165) is 15.6 Å². The molecular formula is C17H16ClN5OS2. The van der Waals surface area contributed by atoms with Crippen LogP contribution in [-0.4, -0.2) is 26.8 Å². The highest BCUT2D eigenvalue weighted by atomic mass is 35.5. The number of anilines is 3. The molecule has 26 heavy (non-hydrogen) atoms. The Bertz CT molecular complexity index is 914. The Labute approximate surface area is 164 Å². The molecule has 0 spiro atoms. The summed E-state index contributed by atoms with van der Waals surface area (Å²) < 4.78 is 0.719. The SMILES string of the molecule is Cc1ccc(Nc2nnc(SCC(=O)Nc3ccc(Cl)cn3)s2)c(C)c1. The summed E-state index contributed by atoms with van der Waals surface area (Å²) in [5.41, 5.74) is 3.35. The van der Waals surface area contributed by atoms with Crippen LogP contribution < -0.4 is 10.6 Å². The van der Waals surface area contributed by atoms with Crippen LogP contribution in [0.25, 0.3) is 0 Å². The Morgan fingerprint density at radius 1 is 1.23 bits per heavy atom. The molecule has 0 fully saturated rings. The van der Waals surface area contributed by atoms with Gasteiger partial charge in [0.2, 0.25) is 11.0 Å². The number of nitrogens with one attached hydrogen (secondary N) is 2. The molecule has 6 nitrogen and oxygen atoms in total. The fourth-order valence-corrected chi connectivity index (χ4v) is 3.82. The van der Waals surface area contributed by atoms with Gasteiger partial charge in [0, 0.05) is 11.9 Å². The minimum absolute atomic E-state index is 0.163. The first-order valence-corrected chi connectivity index (χ1v) is 9.89. The highest BCUT2D eigenvalue weighted by molar-refractivity contribution is 8.01. The predicted molar refractivity (Wildman–Crippen MR) is 108 cm³/mol. The van der Waals surface area contributed by atoms with Gasteiger partial charge in [0.15, 0.2) is 4.34 Å². The molecule has 0 aliphatic carbocycles. The van der Waals surface area contributed by atoms with Crippen molar-refractivity contribution < 1.29 is 4.79 Å². The van der Waals surface area contributed by atoms with Gasteiger partial charge >= 0.3 is 0 Å². The monoisotopic (exact) mass is 405 g/mol. The van der Waals surface area contributed by atoms with Crippen LogP contribution in [0.15, 0.2) is 40.9 Å². The molecule has 134 valence electrons. The van der Waals surface area contributed by atoms with E-state index >= 15 is 0 Å². The Balaban J connectivity index is 1.53. The van der Waals surface area contributed by atoms with Gasteiger partial charge in [-0.25, -0.2) is 4.98 Å². The molecule has 0 aliphatic rings. The molecular weight excluding hydrogens is 390 g/mol. The summed E-state index contributed by atoms with van der Waals surface area (Å²) in [6.45, 7) is 4.10. The lowest BCUT2D eigenvalue weighted by atomic mass is 10.1. The maximum atomic E-state index is 12.0. The number of halogens is 1. The van der Waals surface area contributed by atoms with Gasteiger partial charge in [-0.3, -0.25) is 4.79 Å². The molecule has 1 aromatic carbocycles. The second-order valence-corrected chi connectivity index (χ2v) is 8.15. The summed E-state index contributed by atoms with van der Waals surface area (Å²) in [6, 6.07) is 9.50. The predicted octanol–water partition coefficient (Wildman–Crippen LogP) is 4.68. The zero-order valence-electron chi connectivity index (χ0n) is 14.1. The van der Waals surface area contributed by atoms with Crippen molar-refractivity contribution in [2.45, 2.75) is 18.2 Å². The summed E-state index contributed by atoms with van der Waals surface area (Å²) in [7, 11) is 0. The van der Waals surface area contributed by atoms with Crippen LogP contribution in [0.2, 0.25) is 5.02 Å². The van der Waals surface area contributed by atoms with Gasteiger partial charge in [-0.05, 0) is 37.6 Å². The van der Waals surface area contributed by atoms with Crippen molar-refractivity contribution in [1.29, 1.82) is 0 Å². The van der Waals surface area contributed by atoms with E-state index in [2.05, 4.69) is 38.8 Å². The second kappa shape index (κ2) is 8.48. The summed E-state index contributed by atoms with van der Waals surface area (Å²) in [6.07, 6.45) is 1.49. The summed E-state index contributed by atoms with van der Waals surface area (Å²) in [5.74, 6) is 0.529. The molecule has 0 atom stereocenters. The summed E-state index contributed by atoms with van der Waals surface area (Å²) in [4.78, 5) is 16.0. The van der Waals surface area contributed by atoms with Crippen molar-refractivity contribution in [2.75, 3.05) is 16.4 Å². The molecule has 0 saturated heterocycles. The minimum Gasteiger partial charge on any atom is -0.330 e. The zero-order chi connectivity index (χ0) is 18.5. The van der Waals surface area contributed by atoms with Crippen LogP contribution in [0.1, 0.15) is 11.1 Å². The van der Waals surface area contributed by atoms with Gasteiger partial charge < -0.3 is 10.6 Å². The molecule has 0 unspecified atom stereocenters. The number of benzene rings is 1. The number of nitrogens with zero attached hydrogens (tertiary/aromatic N) is 3. The maximum Gasteiger partial charge on any atom is 0.235 e. The van der Waals surface area contributed by atoms with E-state index < -0.39 is 0 Å². The van der Waals surface area contributed by atoms with E-state index in [4.69, 9.17) is 11.6 Å². The number of rotatable bonds is 6. The van der Waals surface area contributed by atoms with Crippen LogP contribution in [0.5, 0.6) is 0 Å². The Kier molecular flexibility index (Phi) is 6.08. The van der Waals surface area contributed by atoms with Crippen molar-refractivity contribution in [3.8, 4) is 0 Å². The fourth-order valence-electron chi connectivity index (χ4n) is 2.14. The average molecular weight is 406 g/mol. The highest BCUT2D eigenvalue weighted by Crippen LogP contribution is 2.29. The van der Waals surface area contributed by atoms with Crippen molar-refractivity contribution >= 4 is 57.2 Å². The lowest BCUT2D eigenvalue weighted by Crippen LogP contribution is -2.14. The minimum atomic E-state index is -0.163. The molecule has 0 bridgehead atoms. The van der Waals surface area contributed by atoms with E-state index in [-0.39, 0.29) is 11.7 Å². The van der Waals surface area contributed by atoms with Crippen molar-refractivity contribution in [3.63, 3.8) is 0 Å². The number of carbonyl (C=O) groups excluding carboxylic acids is 1. The molecule has 2 N–H and O–H groups in total. The van der Waals surface area contributed by atoms with Gasteiger partial charge in [0.25, 0.3) is 0 Å². The zero-order valence-corrected chi connectivity index (χ0v) is 16.5. The van der Waals surface area contributed by atoms with Crippen molar-refractivity contribution in [1.82, 2.24) is 15.2 Å². The van der Waals surface area contributed by atoms with Gasteiger partial charge in [0.05, 0.1) is 10.8 Å². The molecule has 9 heteroatoms. The Morgan fingerprint density at radius 3 is 2.81 bits per heavy atom. The van der Waals surface area contributed by atoms with E-state index in [1.54, 1.807) is 12.1 Å². The first-order chi connectivity index (χ1) is 12.5. The lowest BCUT2D eigenvalue weighted by molar-refractivity contribution is -0.113. The van der Waals surface area contributed by atoms with Crippen LogP contribution in [0.3, 0.4) is 0 Å². The number of pyridine rings is 1. The number of thioether (sulfide) groups is 1. The normalized spacial score (nSPS) is 10.6. The average Bonchev–Trinajstić information content (AvgIpc) is 3.05. The maximum absolute atomic E-state index is 12.0. The van der Waals surface area contributed by atoms with Crippen LogP contribution >= 0.6 is 34.7 Å². The lowest BCUT2D eigenvalue weighted by Gasteiger charge is -2.06. The van der Waals surface area contributed by atoms with Crippen LogP contribution in [0, 0.1) is 13.8 Å². The van der Waals surface area contributed by atoms with Crippen molar-refractivity contribution in [3.05, 3.63) is 52.7 Å². The molecule has 3 rings (SSSR count). The standard InChI is InChI=1S/C17H16ClN5OS2/c1-10-3-5-13(11(2)7-10)20-16-22-23-17(26-16)25-9-15(24)21-14-6-4-12(18)8-19-14/h3-8H,9H2,1-2H3,(H,20,22)(H,19,21,24). The van der Waals surface area contributed by atoms with Gasteiger partial charge in [-0.15, -0.1) is 10.2 Å². The Morgan fingerprint density at radius 2 is 2.08 bits per heavy atom. The number of amides is 1. The van der Waals surface area contributed by atoms with Gasteiger partial charge in [-0.1, -0.05) is 52.4 Å². The Hall–Kier alpha value is -2.16. The van der Waals surface area contributed by atoms with E-state index in [1.807, 2.05) is 19.1 Å². The third-order valence-corrected chi connectivity index (χ3v) is 5.55. The fraction of sp³-hybridized carbons (Fsp3) is 0.176. The van der Waals surface area contributed by atoms with Crippen LogP contribution in [0.4, 0.5) is 16.6 Å². The highest BCUT2D eigenvalue weighted by Gasteiger charge is 2.10. The third-order valence-electron chi connectivity index (χ3n) is 3.35. The first-order valence-electron chi connectivity index (χ1n) is 7.71. The third kappa shape index (κ3) is 5.17. The van der Waals surface area contributed by atoms with E-state index in [1.165, 1.54) is 34.9 Å². The number of hydrogen-bond acceptors (Lipinski definition) is 7. The largest absolute Gasteiger partial charge is 0.330 e. The molecule has 0 saturated carbocycles. The summed E-state index contributed by atoms with van der Waals surface area (Å²) >= 11 is 8.50. The molecule has 0 radical (unpaired) electrons. The number of carbonyl (C=O) groups is 1. The van der Waals surface area contributed by atoms with Crippen LogP contribution in [-0.2, 0) is 4.79 Å². The number of aromatic nitrogens is 3. The first kappa shape index (κ1) is 18.6. The molecule has 2 aromatic heterocycles. The molecule has 3 aromatic rings. The van der Waals surface area contributed by atoms with E-state index in [0.29, 0.717) is 16.0 Å². The van der Waals surface area contributed by atoms with Gasteiger partial charge in [0.1, 0.15) is 5.82 Å². The quantitative estimate of drug-likeness (QED) is 0.579. The molecule has 1 amide bonds. The topological polar surface area (TPSA) is 79.8 Å². The number of aryl methyl sites for hydroxylation is 2. The number of hydrogen-bond donors (Lipinski definition) is 2.